The second kappa shape index (κ2) is 7.47. The molecule has 0 unspecified atom stereocenters. The molecule has 0 bridgehead atoms. The van der Waals surface area contributed by atoms with Crippen LogP contribution in [-0.2, 0) is 4.79 Å². The number of benzene rings is 1. The van der Waals surface area contributed by atoms with Gasteiger partial charge in [0.2, 0.25) is 11.9 Å². The normalized spacial score (nSPS) is 17.5. The Kier molecular flexibility index (Phi) is 4.67. The first-order valence-corrected chi connectivity index (χ1v) is 10.5. The van der Waals surface area contributed by atoms with Gasteiger partial charge in [-0.1, -0.05) is 11.3 Å². The van der Waals surface area contributed by atoms with Gasteiger partial charge >= 0.3 is 0 Å². The number of piperazine rings is 1. The number of fused-ring (bicyclic) bond motifs is 1. The van der Waals surface area contributed by atoms with Gasteiger partial charge in [-0.2, -0.15) is 0 Å². The first kappa shape index (κ1) is 18.1. The number of carbonyl (C=O) groups is 1. The summed E-state index contributed by atoms with van der Waals surface area (Å²) in [5.41, 5.74) is 0.943. The molecule has 0 N–H and O–H groups in total. The highest BCUT2D eigenvalue weighted by Gasteiger charge is 2.37. The lowest BCUT2D eigenvalue weighted by Crippen LogP contribution is -2.58. The molecule has 4 heterocycles. The lowest BCUT2D eigenvalue weighted by atomic mass is 9.99. The van der Waals surface area contributed by atoms with Gasteiger partial charge in [0.15, 0.2) is 5.13 Å². The molecule has 0 aliphatic carbocycles. The van der Waals surface area contributed by atoms with Gasteiger partial charge in [-0.25, -0.2) is 15.0 Å². The molecule has 150 valence electrons. The summed E-state index contributed by atoms with van der Waals surface area (Å²) in [5, 5.41) is 0.975. The van der Waals surface area contributed by atoms with Crippen molar-refractivity contribution < 1.29 is 9.53 Å². The van der Waals surface area contributed by atoms with Crippen LogP contribution in [0.4, 0.5) is 11.1 Å². The summed E-state index contributed by atoms with van der Waals surface area (Å²) in [5.74, 6) is 1.85. The van der Waals surface area contributed by atoms with Crippen molar-refractivity contribution in [2.75, 3.05) is 56.2 Å². The Morgan fingerprint density at radius 2 is 1.86 bits per heavy atom. The fraction of sp³-hybridized carbons (Fsp3) is 0.400. The van der Waals surface area contributed by atoms with E-state index in [-0.39, 0.29) is 11.8 Å². The second-order valence-corrected chi connectivity index (χ2v) is 8.30. The SMILES string of the molecule is COc1ccc2sc(N3CC(C(=O)N4CCN(c5ncccn5)CC4)C3)nc2c1. The van der Waals surface area contributed by atoms with E-state index in [1.807, 2.05) is 29.2 Å². The van der Waals surface area contributed by atoms with Crippen molar-refractivity contribution >= 4 is 38.5 Å². The van der Waals surface area contributed by atoms with E-state index in [1.54, 1.807) is 30.8 Å². The quantitative estimate of drug-likeness (QED) is 0.650. The van der Waals surface area contributed by atoms with Crippen LogP contribution in [0.25, 0.3) is 10.2 Å². The predicted octanol–water partition coefficient (Wildman–Crippen LogP) is 1.88. The Labute approximate surface area is 172 Å². The van der Waals surface area contributed by atoms with Crippen LogP contribution in [0.2, 0.25) is 0 Å². The number of anilines is 2. The maximum atomic E-state index is 12.9. The molecule has 2 fully saturated rings. The third-order valence-corrected chi connectivity index (χ3v) is 6.61. The summed E-state index contributed by atoms with van der Waals surface area (Å²) in [6, 6.07) is 7.75. The number of rotatable bonds is 4. The smallest absolute Gasteiger partial charge is 0.229 e. The summed E-state index contributed by atoms with van der Waals surface area (Å²) >= 11 is 1.66. The van der Waals surface area contributed by atoms with Crippen LogP contribution in [0.1, 0.15) is 0 Å². The molecular formula is C20H22N6O2S. The molecule has 0 spiro atoms. The molecule has 0 radical (unpaired) electrons. The minimum absolute atomic E-state index is 0.0519. The molecule has 9 heteroatoms. The molecule has 8 nitrogen and oxygen atoms in total. The minimum Gasteiger partial charge on any atom is -0.497 e. The molecule has 1 aromatic carbocycles. The van der Waals surface area contributed by atoms with E-state index in [1.165, 1.54) is 0 Å². The fourth-order valence-electron chi connectivity index (χ4n) is 3.79. The summed E-state index contributed by atoms with van der Waals surface area (Å²) < 4.78 is 6.41. The van der Waals surface area contributed by atoms with Gasteiger partial charge in [0.25, 0.3) is 0 Å². The number of thiazole rings is 1. The van der Waals surface area contributed by atoms with E-state index in [0.717, 1.165) is 53.2 Å². The molecule has 2 aliphatic heterocycles. The van der Waals surface area contributed by atoms with Crippen molar-refractivity contribution in [2.45, 2.75) is 0 Å². The van der Waals surface area contributed by atoms with E-state index in [2.05, 4.69) is 19.8 Å². The van der Waals surface area contributed by atoms with Gasteiger partial charge in [0.05, 0.1) is 23.2 Å². The van der Waals surface area contributed by atoms with Crippen LogP contribution in [0, 0.1) is 5.92 Å². The van der Waals surface area contributed by atoms with Crippen molar-refractivity contribution in [1.82, 2.24) is 19.9 Å². The number of aromatic nitrogens is 3. The lowest BCUT2D eigenvalue weighted by Gasteiger charge is -2.42. The average Bonchev–Trinajstić information content (AvgIpc) is 3.16. The first-order valence-electron chi connectivity index (χ1n) is 9.71. The van der Waals surface area contributed by atoms with Gasteiger partial charge in [-0.3, -0.25) is 4.79 Å². The Balaban J connectivity index is 1.17. The van der Waals surface area contributed by atoms with Crippen molar-refractivity contribution in [2.24, 2.45) is 5.92 Å². The van der Waals surface area contributed by atoms with Gasteiger partial charge in [0.1, 0.15) is 5.75 Å². The third-order valence-electron chi connectivity index (χ3n) is 5.51. The third kappa shape index (κ3) is 3.46. The molecule has 2 aliphatic rings. The zero-order valence-corrected chi connectivity index (χ0v) is 17.0. The zero-order chi connectivity index (χ0) is 19.8. The Morgan fingerprint density at radius 3 is 2.59 bits per heavy atom. The largest absolute Gasteiger partial charge is 0.497 e. The summed E-state index contributed by atoms with van der Waals surface area (Å²) in [7, 11) is 1.66. The van der Waals surface area contributed by atoms with Crippen LogP contribution in [0.5, 0.6) is 5.75 Å². The molecule has 0 atom stereocenters. The Hall–Kier alpha value is -2.94. The van der Waals surface area contributed by atoms with Crippen LogP contribution >= 0.6 is 11.3 Å². The zero-order valence-electron chi connectivity index (χ0n) is 16.2. The maximum absolute atomic E-state index is 12.9. The minimum atomic E-state index is 0.0519. The molecule has 3 aromatic rings. The van der Waals surface area contributed by atoms with E-state index in [0.29, 0.717) is 13.1 Å². The van der Waals surface area contributed by atoms with E-state index in [4.69, 9.17) is 9.72 Å². The van der Waals surface area contributed by atoms with Gasteiger partial charge in [-0.05, 0) is 18.2 Å². The predicted molar refractivity (Wildman–Crippen MR) is 113 cm³/mol. The Bertz CT molecular complexity index is 1010. The highest BCUT2D eigenvalue weighted by Crippen LogP contribution is 2.34. The average molecular weight is 411 g/mol. The van der Waals surface area contributed by atoms with Gasteiger partial charge in [0, 0.05) is 57.7 Å². The molecule has 5 rings (SSSR count). The first-order chi connectivity index (χ1) is 14.2. The van der Waals surface area contributed by atoms with Gasteiger partial charge < -0.3 is 19.4 Å². The summed E-state index contributed by atoms with van der Waals surface area (Å²) in [4.78, 5) is 32.5. The standard InChI is InChI=1S/C20H22N6O2S/c1-28-15-3-4-17-16(11-15)23-20(29-17)26-12-14(13-26)18(27)24-7-9-25(10-8-24)19-21-5-2-6-22-19/h2-6,11,14H,7-10,12-13H2,1H3. The molecule has 2 saturated heterocycles. The van der Waals surface area contributed by atoms with Crippen molar-refractivity contribution in [3.05, 3.63) is 36.7 Å². The molecular weight excluding hydrogens is 388 g/mol. The van der Waals surface area contributed by atoms with Gasteiger partial charge in [-0.15, -0.1) is 0 Å². The van der Waals surface area contributed by atoms with Crippen molar-refractivity contribution in [3.8, 4) is 5.75 Å². The lowest BCUT2D eigenvalue weighted by molar-refractivity contribution is -0.136. The number of amides is 1. The summed E-state index contributed by atoms with van der Waals surface area (Å²) in [6.45, 7) is 4.44. The van der Waals surface area contributed by atoms with Crippen molar-refractivity contribution in [3.63, 3.8) is 0 Å². The summed E-state index contributed by atoms with van der Waals surface area (Å²) in [6.07, 6.45) is 3.50. The van der Waals surface area contributed by atoms with Crippen LogP contribution in [0.15, 0.2) is 36.7 Å². The Morgan fingerprint density at radius 1 is 1.10 bits per heavy atom. The van der Waals surface area contributed by atoms with Crippen LogP contribution in [-0.4, -0.2) is 72.1 Å². The number of nitrogens with zero attached hydrogens (tertiary/aromatic N) is 6. The topological polar surface area (TPSA) is 74.7 Å². The number of methoxy groups -OCH3 is 1. The fourth-order valence-corrected chi connectivity index (χ4v) is 4.75. The second-order valence-electron chi connectivity index (χ2n) is 7.29. The highest BCUT2D eigenvalue weighted by molar-refractivity contribution is 7.22. The van der Waals surface area contributed by atoms with E-state index >= 15 is 0 Å². The molecule has 0 saturated carbocycles. The number of hydrogen-bond donors (Lipinski definition) is 0. The number of ether oxygens (including phenoxy) is 1. The number of carbonyl (C=O) groups excluding carboxylic acids is 1. The molecule has 1 amide bonds. The molecule has 29 heavy (non-hydrogen) atoms. The van der Waals surface area contributed by atoms with Crippen LogP contribution < -0.4 is 14.5 Å². The maximum Gasteiger partial charge on any atom is 0.229 e. The van der Waals surface area contributed by atoms with Crippen molar-refractivity contribution in [1.29, 1.82) is 0 Å². The molecule has 2 aromatic heterocycles. The monoisotopic (exact) mass is 410 g/mol. The van der Waals surface area contributed by atoms with E-state index < -0.39 is 0 Å². The highest BCUT2D eigenvalue weighted by atomic mass is 32.1. The number of hydrogen-bond acceptors (Lipinski definition) is 8. The van der Waals surface area contributed by atoms with E-state index in [9.17, 15) is 4.79 Å². The van der Waals surface area contributed by atoms with Crippen LogP contribution in [0.3, 0.4) is 0 Å².